The largest absolute Gasteiger partial charge is 0.357 e. The Hall–Kier alpha value is -1.09. The van der Waals surface area contributed by atoms with Crippen LogP contribution in [0.15, 0.2) is 12.1 Å². The quantitative estimate of drug-likeness (QED) is 0.817. The normalized spacial score (nSPS) is 15.0. The predicted molar refractivity (Wildman–Crippen MR) is 81.6 cm³/mol. The van der Waals surface area contributed by atoms with Crippen molar-refractivity contribution >= 4 is 5.82 Å². The van der Waals surface area contributed by atoms with E-state index in [1.807, 2.05) is 0 Å². The first-order chi connectivity index (χ1) is 9.08. The zero-order valence-corrected chi connectivity index (χ0v) is 12.7. The van der Waals surface area contributed by atoms with Crippen molar-refractivity contribution in [1.29, 1.82) is 0 Å². The van der Waals surface area contributed by atoms with E-state index in [9.17, 15) is 0 Å². The fraction of sp³-hybridized carbons (Fsp3) is 0.688. The van der Waals surface area contributed by atoms with E-state index in [0.29, 0.717) is 5.92 Å². The molecule has 1 fully saturated rings. The van der Waals surface area contributed by atoms with Crippen molar-refractivity contribution in [2.45, 2.75) is 53.1 Å². The zero-order valence-electron chi connectivity index (χ0n) is 12.7. The number of hydrogen-bond acceptors (Lipinski definition) is 3. The average Bonchev–Trinajstić information content (AvgIpc) is 3.16. The van der Waals surface area contributed by atoms with Crippen LogP contribution < -0.4 is 10.2 Å². The lowest BCUT2D eigenvalue weighted by Gasteiger charge is -2.25. The number of anilines is 1. The molecular formula is C16H27N3. The van der Waals surface area contributed by atoms with Gasteiger partial charge in [-0.3, -0.25) is 0 Å². The molecule has 1 aromatic heterocycles. The molecule has 0 spiro atoms. The summed E-state index contributed by atoms with van der Waals surface area (Å²) in [5, 5.41) is 3.58. The molecule has 3 nitrogen and oxygen atoms in total. The molecule has 1 aliphatic rings. The van der Waals surface area contributed by atoms with Crippen molar-refractivity contribution in [2.24, 2.45) is 5.92 Å². The van der Waals surface area contributed by atoms with Crippen LogP contribution in [0, 0.1) is 12.8 Å². The van der Waals surface area contributed by atoms with Crippen LogP contribution in [0.5, 0.6) is 0 Å². The molecule has 0 atom stereocenters. The Kier molecular flexibility index (Phi) is 4.81. The molecule has 1 N–H and O–H groups in total. The number of nitrogens with one attached hydrogen (secondary N) is 1. The van der Waals surface area contributed by atoms with Gasteiger partial charge in [-0.15, -0.1) is 0 Å². The maximum atomic E-state index is 4.70. The Morgan fingerprint density at radius 1 is 1.37 bits per heavy atom. The van der Waals surface area contributed by atoms with E-state index in [-0.39, 0.29) is 0 Å². The average molecular weight is 261 g/mol. The summed E-state index contributed by atoms with van der Waals surface area (Å²) in [7, 11) is 0. The molecule has 1 saturated carbocycles. The number of aryl methyl sites for hydroxylation is 1. The molecule has 106 valence electrons. The summed E-state index contributed by atoms with van der Waals surface area (Å²) in [5.41, 5.74) is 2.48. The van der Waals surface area contributed by atoms with Crippen LogP contribution in [0.1, 0.15) is 44.9 Å². The Balaban J connectivity index is 2.08. The van der Waals surface area contributed by atoms with Gasteiger partial charge in [0.25, 0.3) is 0 Å². The Morgan fingerprint density at radius 2 is 2.11 bits per heavy atom. The van der Waals surface area contributed by atoms with Gasteiger partial charge in [0.05, 0.1) is 0 Å². The van der Waals surface area contributed by atoms with Crippen molar-refractivity contribution < 1.29 is 0 Å². The fourth-order valence-electron chi connectivity index (χ4n) is 2.36. The highest BCUT2D eigenvalue weighted by Gasteiger charge is 2.20. The summed E-state index contributed by atoms with van der Waals surface area (Å²) in [6.07, 6.45) is 2.68. The van der Waals surface area contributed by atoms with Crippen LogP contribution in [0.25, 0.3) is 0 Å². The first-order valence-electron chi connectivity index (χ1n) is 7.54. The van der Waals surface area contributed by atoms with Gasteiger partial charge in [0.2, 0.25) is 0 Å². The highest BCUT2D eigenvalue weighted by atomic mass is 15.2. The van der Waals surface area contributed by atoms with Crippen molar-refractivity contribution in [3.05, 3.63) is 23.4 Å². The summed E-state index contributed by atoms with van der Waals surface area (Å²) in [4.78, 5) is 7.07. The van der Waals surface area contributed by atoms with Crippen molar-refractivity contribution in [3.8, 4) is 0 Å². The molecule has 0 saturated heterocycles. The SMILES string of the molecule is CCN(CC(C)C)c1cc(CNC2CC2)cc(C)n1. The van der Waals surface area contributed by atoms with E-state index < -0.39 is 0 Å². The van der Waals surface area contributed by atoms with Gasteiger partial charge < -0.3 is 10.2 Å². The monoisotopic (exact) mass is 261 g/mol. The van der Waals surface area contributed by atoms with E-state index in [2.05, 4.69) is 50.0 Å². The van der Waals surface area contributed by atoms with Gasteiger partial charge in [-0.25, -0.2) is 4.98 Å². The molecular weight excluding hydrogens is 234 g/mol. The summed E-state index contributed by atoms with van der Waals surface area (Å²) < 4.78 is 0. The van der Waals surface area contributed by atoms with Crippen molar-refractivity contribution in [3.63, 3.8) is 0 Å². The lowest BCUT2D eigenvalue weighted by atomic mass is 10.2. The first kappa shape index (κ1) is 14.3. The standard InChI is InChI=1S/C16H27N3/c1-5-19(11-12(2)3)16-9-14(8-13(4)18-16)10-17-15-6-7-15/h8-9,12,15,17H,5-7,10-11H2,1-4H3. The second-order valence-electron chi connectivity index (χ2n) is 6.06. The van der Waals surface area contributed by atoms with Gasteiger partial charge in [-0.05, 0) is 50.3 Å². The second kappa shape index (κ2) is 6.38. The molecule has 3 heteroatoms. The van der Waals surface area contributed by atoms with Crippen molar-refractivity contribution in [1.82, 2.24) is 10.3 Å². The van der Waals surface area contributed by atoms with E-state index in [0.717, 1.165) is 37.2 Å². The van der Waals surface area contributed by atoms with E-state index in [1.54, 1.807) is 0 Å². The van der Waals surface area contributed by atoms with Crippen LogP contribution in [0.2, 0.25) is 0 Å². The number of rotatable bonds is 7. The second-order valence-corrected chi connectivity index (χ2v) is 6.06. The minimum atomic E-state index is 0.662. The summed E-state index contributed by atoms with van der Waals surface area (Å²) >= 11 is 0. The summed E-state index contributed by atoms with van der Waals surface area (Å²) in [6.45, 7) is 11.9. The highest BCUT2D eigenvalue weighted by Crippen LogP contribution is 2.21. The summed E-state index contributed by atoms with van der Waals surface area (Å²) in [5.74, 6) is 1.79. The number of hydrogen-bond donors (Lipinski definition) is 1. The van der Waals surface area contributed by atoms with Gasteiger partial charge in [-0.2, -0.15) is 0 Å². The van der Waals surface area contributed by atoms with Crippen LogP contribution >= 0.6 is 0 Å². The third-order valence-corrected chi connectivity index (χ3v) is 3.46. The molecule has 0 aliphatic heterocycles. The minimum Gasteiger partial charge on any atom is -0.357 e. The van der Waals surface area contributed by atoms with Crippen LogP contribution in [-0.2, 0) is 6.54 Å². The maximum Gasteiger partial charge on any atom is 0.129 e. The number of nitrogens with zero attached hydrogens (tertiary/aromatic N) is 2. The molecule has 0 amide bonds. The summed E-state index contributed by atoms with van der Waals surface area (Å²) in [6, 6.07) is 5.20. The molecule has 0 radical (unpaired) electrons. The Bertz CT molecular complexity index is 410. The van der Waals surface area contributed by atoms with Gasteiger partial charge in [0, 0.05) is 31.4 Å². The Labute approximate surface area is 117 Å². The molecule has 19 heavy (non-hydrogen) atoms. The molecule has 1 aromatic rings. The predicted octanol–water partition coefficient (Wildman–Crippen LogP) is 3.12. The van der Waals surface area contributed by atoms with Crippen molar-refractivity contribution in [2.75, 3.05) is 18.0 Å². The lowest BCUT2D eigenvalue weighted by molar-refractivity contribution is 0.613. The maximum absolute atomic E-state index is 4.70. The molecule has 1 aliphatic carbocycles. The van der Waals surface area contributed by atoms with E-state index >= 15 is 0 Å². The van der Waals surface area contributed by atoms with Crippen LogP contribution in [0.4, 0.5) is 5.82 Å². The van der Waals surface area contributed by atoms with E-state index in [1.165, 1.54) is 18.4 Å². The van der Waals surface area contributed by atoms with E-state index in [4.69, 9.17) is 4.98 Å². The van der Waals surface area contributed by atoms with Crippen LogP contribution in [-0.4, -0.2) is 24.1 Å². The molecule has 0 bridgehead atoms. The van der Waals surface area contributed by atoms with Gasteiger partial charge >= 0.3 is 0 Å². The number of aromatic nitrogens is 1. The topological polar surface area (TPSA) is 28.2 Å². The third-order valence-electron chi connectivity index (χ3n) is 3.46. The van der Waals surface area contributed by atoms with Gasteiger partial charge in [0.1, 0.15) is 5.82 Å². The molecule has 0 aromatic carbocycles. The van der Waals surface area contributed by atoms with Gasteiger partial charge in [-0.1, -0.05) is 13.8 Å². The Morgan fingerprint density at radius 3 is 2.68 bits per heavy atom. The smallest absolute Gasteiger partial charge is 0.129 e. The number of pyridine rings is 1. The van der Waals surface area contributed by atoms with Gasteiger partial charge in [0.15, 0.2) is 0 Å². The highest BCUT2D eigenvalue weighted by molar-refractivity contribution is 5.42. The minimum absolute atomic E-state index is 0.662. The molecule has 0 unspecified atom stereocenters. The lowest BCUT2D eigenvalue weighted by Crippen LogP contribution is -2.28. The molecule has 1 heterocycles. The van der Waals surface area contributed by atoms with Crippen LogP contribution in [0.3, 0.4) is 0 Å². The zero-order chi connectivity index (χ0) is 13.8. The molecule has 2 rings (SSSR count). The fourth-order valence-corrected chi connectivity index (χ4v) is 2.36. The first-order valence-corrected chi connectivity index (χ1v) is 7.54. The third kappa shape index (κ3) is 4.50.